The van der Waals surface area contributed by atoms with Crippen LogP contribution in [0.15, 0.2) is 29.2 Å². The van der Waals surface area contributed by atoms with Gasteiger partial charge in [-0.05, 0) is 25.1 Å². The third kappa shape index (κ3) is 3.79. The third-order valence-electron chi connectivity index (χ3n) is 3.32. The molecule has 6 heteroatoms. The molecule has 1 aromatic carbocycles. The lowest BCUT2D eigenvalue weighted by Crippen LogP contribution is -2.43. The second kappa shape index (κ2) is 6.35. The first-order valence-corrected chi connectivity index (χ1v) is 8.23. The van der Waals surface area contributed by atoms with Crippen LogP contribution in [0.5, 0.6) is 0 Å². The first-order chi connectivity index (χ1) is 9.51. The Morgan fingerprint density at radius 2 is 2.30 bits per heavy atom. The molecule has 5 nitrogen and oxygen atoms in total. The van der Waals surface area contributed by atoms with Gasteiger partial charge >= 0.3 is 0 Å². The number of sulfone groups is 1. The van der Waals surface area contributed by atoms with E-state index in [-0.39, 0.29) is 16.8 Å². The fourth-order valence-electron chi connectivity index (χ4n) is 2.22. The van der Waals surface area contributed by atoms with Gasteiger partial charge in [0.2, 0.25) is 0 Å². The number of benzene rings is 1. The summed E-state index contributed by atoms with van der Waals surface area (Å²) in [7, 11) is -3.34. The molecule has 0 radical (unpaired) electrons. The van der Waals surface area contributed by atoms with Crippen molar-refractivity contribution in [2.24, 2.45) is 0 Å². The van der Waals surface area contributed by atoms with Gasteiger partial charge in [0, 0.05) is 19.6 Å². The Hall–Kier alpha value is -1.42. The monoisotopic (exact) mass is 294 g/mol. The van der Waals surface area contributed by atoms with E-state index in [2.05, 4.69) is 4.90 Å². The van der Waals surface area contributed by atoms with Crippen LogP contribution in [-0.4, -0.2) is 51.4 Å². The summed E-state index contributed by atoms with van der Waals surface area (Å²) in [5.74, 6) is 0.0641. The van der Waals surface area contributed by atoms with Crippen LogP contribution in [0.25, 0.3) is 0 Å². The van der Waals surface area contributed by atoms with E-state index in [0.29, 0.717) is 18.7 Å². The Bertz CT molecular complexity index is 607. The SMILES string of the molecule is CC1CN(CCS(=O)(=O)c2cccc(C#N)c2)CCO1. The Balaban J connectivity index is 2.02. The van der Waals surface area contributed by atoms with Crippen LogP contribution < -0.4 is 0 Å². The van der Waals surface area contributed by atoms with E-state index in [4.69, 9.17) is 10.00 Å². The highest BCUT2D eigenvalue weighted by molar-refractivity contribution is 7.91. The van der Waals surface area contributed by atoms with Crippen molar-refractivity contribution < 1.29 is 13.2 Å². The van der Waals surface area contributed by atoms with Crippen molar-refractivity contribution in [3.05, 3.63) is 29.8 Å². The highest BCUT2D eigenvalue weighted by Crippen LogP contribution is 2.14. The lowest BCUT2D eigenvalue weighted by molar-refractivity contribution is -0.0160. The molecule has 0 saturated carbocycles. The average molecular weight is 294 g/mol. The summed E-state index contributed by atoms with van der Waals surface area (Å²) in [5.41, 5.74) is 0.367. The Morgan fingerprint density at radius 1 is 1.50 bits per heavy atom. The van der Waals surface area contributed by atoms with Crippen LogP contribution in [-0.2, 0) is 14.6 Å². The summed E-state index contributed by atoms with van der Waals surface area (Å²) in [4.78, 5) is 2.32. The first kappa shape index (κ1) is 15.0. The largest absolute Gasteiger partial charge is 0.376 e. The van der Waals surface area contributed by atoms with E-state index >= 15 is 0 Å². The van der Waals surface area contributed by atoms with Gasteiger partial charge in [-0.2, -0.15) is 5.26 Å². The Labute approximate surface area is 119 Å². The fourth-order valence-corrected chi connectivity index (χ4v) is 3.55. The van der Waals surface area contributed by atoms with E-state index in [0.717, 1.165) is 13.1 Å². The maximum Gasteiger partial charge on any atom is 0.179 e. The van der Waals surface area contributed by atoms with Crippen molar-refractivity contribution in [2.45, 2.75) is 17.9 Å². The van der Waals surface area contributed by atoms with Crippen LogP contribution in [0.1, 0.15) is 12.5 Å². The zero-order chi connectivity index (χ0) is 14.6. The zero-order valence-electron chi connectivity index (χ0n) is 11.4. The summed E-state index contributed by atoms with van der Waals surface area (Å²) in [6.07, 6.45) is 0.147. The van der Waals surface area contributed by atoms with Gasteiger partial charge in [0.25, 0.3) is 0 Å². The van der Waals surface area contributed by atoms with E-state index in [1.807, 2.05) is 13.0 Å². The van der Waals surface area contributed by atoms with Gasteiger partial charge in [0.05, 0.1) is 35.0 Å². The molecule has 1 saturated heterocycles. The van der Waals surface area contributed by atoms with Crippen LogP contribution in [0.2, 0.25) is 0 Å². The molecule has 1 unspecified atom stereocenters. The van der Waals surface area contributed by atoms with Crippen LogP contribution in [0.4, 0.5) is 0 Å². The number of ether oxygens (including phenoxy) is 1. The quantitative estimate of drug-likeness (QED) is 0.830. The number of nitrogens with zero attached hydrogens (tertiary/aromatic N) is 2. The van der Waals surface area contributed by atoms with E-state index in [9.17, 15) is 8.42 Å². The van der Waals surface area contributed by atoms with Gasteiger partial charge in [-0.1, -0.05) is 6.07 Å². The van der Waals surface area contributed by atoms with Crippen molar-refractivity contribution in [3.63, 3.8) is 0 Å². The lowest BCUT2D eigenvalue weighted by Gasteiger charge is -2.30. The van der Waals surface area contributed by atoms with Crippen molar-refractivity contribution in [1.29, 1.82) is 5.26 Å². The van der Waals surface area contributed by atoms with Gasteiger partial charge in [-0.3, -0.25) is 4.90 Å². The molecule has 0 aromatic heterocycles. The molecule has 20 heavy (non-hydrogen) atoms. The molecule has 0 bridgehead atoms. The standard InChI is InChI=1S/C14H18N2O3S/c1-12-11-16(5-7-19-12)6-8-20(17,18)14-4-2-3-13(9-14)10-15/h2-4,9,12H,5-8,11H2,1H3. The average Bonchev–Trinajstić information content (AvgIpc) is 2.45. The highest BCUT2D eigenvalue weighted by Gasteiger charge is 2.20. The number of rotatable bonds is 4. The summed E-state index contributed by atoms with van der Waals surface area (Å²) >= 11 is 0. The summed E-state index contributed by atoms with van der Waals surface area (Å²) in [6, 6.07) is 8.13. The van der Waals surface area contributed by atoms with Crippen molar-refractivity contribution in [3.8, 4) is 6.07 Å². The van der Waals surface area contributed by atoms with Gasteiger partial charge in [0.1, 0.15) is 0 Å². The number of morpholine rings is 1. The molecule has 0 N–H and O–H groups in total. The second-order valence-electron chi connectivity index (χ2n) is 4.94. The van der Waals surface area contributed by atoms with Crippen molar-refractivity contribution in [2.75, 3.05) is 32.0 Å². The topological polar surface area (TPSA) is 70.4 Å². The normalized spacial score (nSPS) is 20.5. The van der Waals surface area contributed by atoms with E-state index in [1.54, 1.807) is 12.1 Å². The molecule has 108 valence electrons. The molecule has 1 atom stereocenters. The van der Waals surface area contributed by atoms with E-state index < -0.39 is 9.84 Å². The van der Waals surface area contributed by atoms with Crippen LogP contribution >= 0.6 is 0 Å². The van der Waals surface area contributed by atoms with Gasteiger partial charge < -0.3 is 4.74 Å². The predicted octanol–water partition coefficient (Wildman–Crippen LogP) is 1.05. The molecule has 0 aliphatic carbocycles. The molecular weight excluding hydrogens is 276 g/mol. The summed E-state index contributed by atoms with van der Waals surface area (Å²) in [6.45, 7) is 4.64. The van der Waals surface area contributed by atoms with Crippen molar-refractivity contribution >= 4 is 9.84 Å². The molecule has 0 spiro atoms. The molecule has 2 rings (SSSR count). The van der Waals surface area contributed by atoms with Crippen molar-refractivity contribution in [1.82, 2.24) is 4.90 Å². The highest BCUT2D eigenvalue weighted by atomic mass is 32.2. The van der Waals surface area contributed by atoms with E-state index in [1.165, 1.54) is 12.1 Å². The minimum Gasteiger partial charge on any atom is -0.376 e. The number of hydrogen-bond acceptors (Lipinski definition) is 5. The molecule has 1 fully saturated rings. The smallest absolute Gasteiger partial charge is 0.179 e. The Kier molecular flexibility index (Phi) is 4.76. The fraction of sp³-hybridized carbons (Fsp3) is 0.500. The molecule has 1 aromatic rings. The molecule has 1 aliphatic rings. The van der Waals surface area contributed by atoms with Gasteiger partial charge in [0.15, 0.2) is 9.84 Å². The molecule has 0 amide bonds. The van der Waals surface area contributed by atoms with Gasteiger partial charge in [-0.25, -0.2) is 8.42 Å². The molecule has 1 heterocycles. The summed E-state index contributed by atoms with van der Waals surface area (Å²) < 4.78 is 29.9. The number of nitriles is 1. The second-order valence-corrected chi connectivity index (χ2v) is 7.05. The minimum atomic E-state index is -3.34. The maximum absolute atomic E-state index is 12.3. The lowest BCUT2D eigenvalue weighted by atomic mass is 10.2. The molecule has 1 aliphatic heterocycles. The maximum atomic E-state index is 12.3. The number of hydrogen-bond donors (Lipinski definition) is 0. The van der Waals surface area contributed by atoms with Crippen LogP contribution in [0.3, 0.4) is 0 Å². The zero-order valence-corrected chi connectivity index (χ0v) is 12.3. The first-order valence-electron chi connectivity index (χ1n) is 6.58. The Morgan fingerprint density at radius 3 is 3.00 bits per heavy atom. The minimum absolute atomic E-state index is 0.0641. The molecular formula is C14H18N2O3S. The van der Waals surface area contributed by atoms with Crippen LogP contribution in [0, 0.1) is 11.3 Å². The van der Waals surface area contributed by atoms with Gasteiger partial charge in [-0.15, -0.1) is 0 Å². The third-order valence-corrected chi connectivity index (χ3v) is 5.02. The predicted molar refractivity (Wildman–Crippen MR) is 75.1 cm³/mol. The summed E-state index contributed by atoms with van der Waals surface area (Å²) in [5, 5.41) is 8.82.